The summed E-state index contributed by atoms with van der Waals surface area (Å²) in [6, 6.07) is 48.1. The molecule has 61 heavy (non-hydrogen) atoms. The second-order valence-electron chi connectivity index (χ2n) is 19.4. The number of furan rings is 1. The maximum atomic E-state index is 6.70. The van der Waals surface area contributed by atoms with Crippen LogP contribution in [0.25, 0.3) is 77.8 Å². The number of para-hydroxylation sites is 4. The zero-order valence-corrected chi connectivity index (χ0v) is 37.6. The second kappa shape index (κ2) is 14.0. The highest BCUT2D eigenvalue weighted by atomic mass is 28.3. The fraction of sp³-hybridized carbons (Fsp3) is 0.250. The number of rotatable bonds is 4. The molecule has 11 rings (SSSR count). The van der Waals surface area contributed by atoms with Crippen molar-refractivity contribution in [1.29, 1.82) is 0 Å². The minimum absolute atomic E-state index is 0.167. The topological polar surface area (TPSA) is 25.8 Å². The molecular weight excluding hydrogens is 759 g/mol. The summed E-state index contributed by atoms with van der Waals surface area (Å²) < 4.78 is 14.6. The van der Waals surface area contributed by atoms with E-state index in [2.05, 4.69) is 195 Å². The van der Waals surface area contributed by atoms with Crippen molar-refractivity contribution in [1.82, 2.24) is 4.57 Å². The molecule has 2 unspecified atom stereocenters. The lowest BCUT2D eigenvalue weighted by Crippen LogP contribution is -2.53. The van der Waals surface area contributed by atoms with Crippen LogP contribution in [0.15, 0.2) is 145 Å². The molecule has 5 heterocycles. The summed E-state index contributed by atoms with van der Waals surface area (Å²) in [5, 5.41) is 6.40. The molecule has 4 nitrogen and oxygen atoms in total. The quantitative estimate of drug-likeness (QED) is 0.128. The molecule has 2 aliphatic rings. The van der Waals surface area contributed by atoms with Gasteiger partial charge < -0.3 is 4.42 Å². The van der Waals surface area contributed by atoms with Gasteiger partial charge in [-0.3, -0.25) is 0 Å². The number of aromatic nitrogens is 3. The highest BCUT2D eigenvalue weighted by Gasteiger charge is 2.45. The van der Waals surface area contributed by atoms with Gasteiger partial charge in [-0.15, -0.1) is 0 Å². The molecule has 3 aromatic heterocycles. The summed E-state index contributed by atoms with van der Waals surface area (Å²) in [6.07, 6.45) is 5.24. The van der Waals surface area contributed by atoms with Gasteiger partial charge in [0.05, 0.1) is 25.6 Å². The third-order valence-electron chi connectivity index (χ3n) is 14.0. The third kappa shape index (κ3) is 5.84. The summed E-state index contributed by atoms with van der Waals surface area (Å²) in [6.45, 7) is 21.9. The van der Waals surface area contributed by atoms with Gasteiger partial charge in [0.15, 0.2) is 23.3 Å². The first kappa shape index (κ1) is 37.9. The van der Waals surface area contributed by atoms with E-state index in [9.17, 15) is 0 Å². The van der Waals surface area contributed by atoms with Gasteiger partial charge in [0.1, 0.15) is 22.6 Å². The van der Waals surface area contributed by atoms with Gasteiger partial charge in [0, 0.05) is 39.1 Å². The minimum atomic E-state index is -1.66. The predicted molar refractivity (Wildman–Crippen MR) is 257 cm³/mol. The normalized spacial score (nSPS) is 16.6. The van der Waals surface area contributed by atoms with Crippen LogP contribution in [0, 0.1) is 0 Å². The lowest BCUT2D eigenvalue weighted by molar-refractivity contribution is -0.719. The molecule has 6 aromatic carbocycles. The molecule has 0 fully saturated rings. The Bertz CT molecular complexity index is 3240. The van der Waals surface area contributed by atoms with Gasteiger partial charge in [0.25, 0.3) is 5.82 Å². The molecule has 0 amide bonds. The van der Waals surface area contributed by atoms with Gasteiger partial charge in [-0.1, -0.05) is 145 Å². The standard InChI is InChI=1S/C56H55N3OSi/c1-34(2)40-19-15-20-41(35(3)4)55(40)59-49-22-13-12-21-48(49)58-36(5)30-51-43(27-25-38-31-53-47(32-46(38)56(58)59)44-18-11-14-23-52(44)60-53)45-28-24-37-16-9-10-17-42(37)54(45)50-29-26-39(33-57(50)51)61(6,7)8/h9-24,26,28-29,31-35,43,51H,5,25,27,30H2,1-4,6-8H3/q+2. The van der Waals surface area contributed by atoms with Gasteiger partial charge >= 0.3 is 0 Å². The van der Waals surface area contributed by atoms with Crippen LogP contribution >= 0.6 is 0 Å². The van der Waals surface area contributed by atoms with E-state index in [-0.39, 0.29) is 12.0 Å². The Balaban J connectivity index is 1.26. The average molecular weight is 814 g/mol. The molecule has 0 bridgehead atoms. The number of hydrogen-bond donors (Lipinski definition) is 0. The molecule has 0 saturated carbocycles. The number of imidazole rings is 1. The van der Waals surface area contributed by atoms with Crippen molar-refractivity contribution in [3.05, 3.63) is 162 Å². The molecule has 2 aliphatic heterocycles. The van der Waals surface area contributed by atoms with E-state index in [4.69, 9.17) is 11.0 Å². The van der Waals surface area contributed by atoms with E-state index in [1.165, 1.54) is 77.6 Å². The first-order valence-electron chi connectivity index (χ1n) is 22.4. The summed E-state index contributed by atoms with van der Waals surface area (Å²) in [5.41, 5.74) is 16.1. The monoisotopic (exact) mass is 813 g/mol. The van der Waals surface area contributed by atoms with Gasteiger partial charge in [-0.05, 0) is 76.9 Å². The van der Waals surface area contributed by atoms with Crippen LogP contribution in [-0.4, -0.2) is 12.6 Å². The SMILES string of the molecule is C=C1CC2C(CCc3cc4oc5ccccc5c4cc3-c3n(-c4c(C(C)C)cccc4C(C)C)c4ccccc4[n+]31)c1ccc3ccccc3c1-c1ccc([Si](C)(C)C)c[n+]12. The molecule has 0 spiro atoms. The summed E-state index contributed by atoms with van der Waals surface area (Å²) in [5.74, 6) is 2.08. The molecule has 2 atom stereocenters. The van der Waals surface area contributed by atoms with E-state index >= 15 is 0 Å². The van der Waals surface area contributed by atoms with Crippen LogP contribution in [-0.2, 0) is 6.42 Å². The van der Waals surface area contributed by atoms with Gasteiger partial charge in [-0.25, -0.2) is 0 Å². The van der Waals surface area contributed by atoms with E-state index in [1.54, 1.807) is 0 Å². The number of allylic oxidation sites excluding steroid dienone is 1. The van der Waals surface area contributed by atoms with Crippen molar-refractivity contribution >= 4 is 62.7 Å². The van der Waals surface area contributed by atoms with Crippen molar-refractivity contribution in [2.45, 2.75) is 90.4 Å². The van der Waals surface area contributed by atoms with Crippen LogP contribution in [0.2, 0.25) is 19.6 Å². The Hall–Kier alpha value is -6.04. The molecule has 0 radical (unpaired) electrons. The van der Waals surface area contributed by atoms with Crippen molar-refractivity contribution in [2.75, 3.05) is 0 Å². The Labute approximate surface area is 360 Å². The Morgan fingerprint density at radius 2 is 1.44 bits per heavy atom. The fourth-order valence-electron chi connectivity index (χ4n) is 10.9. The molecule has 9 aromatic rings. The molecule has 0 N–H and O–H groups in total. The zero-order chi connectivity index (χ0) is 41.9. The predicted octanol–water partition coefficient (Wildman–Crippen LogP) is 13.5. The number of hydrogen-bond acceptors (Lipinski definition) is 1. The molecule has 0 saturated heterocycles. The zero-order valence-electron chi connectivity index (χ0n) is 36.6. The second-order valence-corrected chi connectivity index (χ2v) is 24.5. The summed E-state index contributed by atoms with van der Waals surface area (Å²) >= 11 is 0. The highest BCUT2D eigenvalue weighted by Crippen LogP contribution is 2.48. The molecular formula is C56H55N3OSi+2. The first-order valence-corrected chi connectivity index (χ1v) is 25.9. The third-order valence-corrected chi connectivity index (χ3v) is 16.0. The number of fused-ring (bicyclic) bond motifs is 16. The van der Waals surface area contributed by atoms with E-state index < -0.39 is 8.07 Å². The van der Waals surface area contributed by atoms with Gasteiger partial charge in [0.2, 0.25) is 5.69 Å². The van der Waals surface area contributed by atoms with Crippen molar-refractivity contribution in [3.63, 3.8) is 0 Å². The summed E-state index contributed by atoms with van der Waals surface area (Å²) in [7, 11) is -1.66. The molecule has 302 valence electrons. The minimum Gasteiger partial charge on any atom is -0.456 e. The van der Waals surface area contributed by atoms with E-state index in [0.717, 1.165) is 46.9 Å². The van der Waals surface area contributed by atoms with Crippen LogP contribution < -0.4 is 14.3 Å². The Kier molecular flexibility index (Phi) is 8.70. The average Bonchev–Trinajstić information content (AvgIpc) is 3.79. The van der Waals surface area contributed by atoms with Crippen LogP contribution in [0.4, 0.5) is 0 Å². The van der Waals surface area contributed by atoms with Crippen molar-refractivity contribution in [3.8, 4) is 28.3 Å². The Morgan fingerprint density at radius 1 is 0.721 bits per heavy atom. The van der Waals surface area contributed by atoms with Crippen LogP contribution in [0.5, 0.6) is 0 Å². The highest BCUT2D eigenvalue weighted by molar-refractivity contribution is 6.88. The smallest absolute Gasteiger partial charge is 0.300 e. The fourth-order valence-corrected chi connectivity index (χ4v) is 12.0. The van der Waals surface area contributed by atoms with Crippen LogP contribution in [0.1, 0.15) is 86.6 Å². The van der Waals surface area contributed by atoms with Crippen molar-refractivity contribution < 1.29 is 13.6 Å². The number of pyridine rings is 1. The van der Waals surface area contributed by atoms with Crippen LogP contribution in [0.3, 0.4) is 0 Å². The van der Waals surface area contributed by atoms with Crippen molar-refractivity contribution in [2.24, 2.45) is 0 Å². The molecule has 0 aliphatic carbocycles. The number of nitrogens with zero attached hydrogens (tertiary/aromatic N) is 3. The maximum Gasteiger partial charge on any atom is 0.300 e. The maximum absolute atomic E-state index is 6.70. The first-order chi connectivity index (χ1) is 29.5. The lowest BCUT2D eigenvalue weighted by Gasteiger charge is -2.33. The summed E-state index contributed by atoms with van der Waals surface area (Å²) in [4.78, 5) is 0. The largest absolute Gasteiger partial charge is 0.456 e. The van der Waals surface area contributed by atoms with E-state index in [0.29, 0.717) is 11.8 Å². The number of aryl methyl sites for hydroxylation is 1. The Morgan fingerprint density at radius 3 is 2.21 bits per heavy atom. The number of benzene rings is 6. The van der Waals surface area contributed by atoms with Gasteiger partial charge in [-0.2, -0.15) is 13.7 Å². The lowest BCUT2D eigenvalue weighted by atomic mass is 9.76. The van der Waals surface area contributed by atoms with E-state index in [1.807, 2.05) is 0 Å². The molecule has 5 heteroatoms.